The SMILES string of the molecule is CC1=C(C)N(c2[c-]c(Oc3[c-]c(-c4cc(C(C)(C)C)ccn4)c4nc(C(C)C)c(C(C)C)n4c3)ccc2)[CH-]N1C.CC1=C(C)N(c2[c-]c(Oc3[c-]c(C(C)(C)c4cc(C(C)(C)C)ccn4)c4nc(C(C)C)c(C(C)C)n4c3)ccc2)[CH-]N1C.CC1=C(C)N(c2[c-]c(Oc3[c-]c(Oc4cc(C(C)(C)C)ccn4)c4nc(C(C)C)c(C(C)C)n4c3)ccc2)[CH-]N1C.[Pt].[Pt].[Pt]. The van der Waals surface area contributed by atoms with Crippen LogP contribution in [-0.2, 0) is 84.9 Å². The Kier molecular flexibility index (Phi) is 30.9. The predicted octanol–water partition coefficient (Wildman–Crippen LogP) is 26.1. The molecule has 0 amide bonds. The van der Waals surface area contributed by atoms with Crippen molar-refractivity contribution in [2.75, 3.05) is 35.8 Å². The van der Waals surface area contributed by atoms with Crippen LogP contribution in [0.4, 0.5) is 17.1 Å². The molecule has 127 heavy (non-hydrogen) atoms. The quantitative estimate of drug-likeness (QED) is 0.0666. The summed E-state index contributed by atoms with van der Waals surface area (Å²) in [4.78, 5) is 42.3. The first-order valence-electron chi connectivity index (χ1n) is 43.5. The maximum absolute atomic E-state index is 6.58. The molecule has 0 saturated heterocycles. The molecule has 12 heterocycles. The maximum atomic E-state index is 6.58. The number of hydrogen-bond acceptors (Lipinski definition) is 16. The minimum atomic E-state index is -0.490. The molecule has 0 radical (unpaired) electrons. The van der Waals surface area contributed by atoms with E-state index in [1.165, 1.54) is 45.3 Å². The summed E-state index contributed by atoms with van der Waals surface area (Å²) < 4.78 is 32.4. The van der Waals surface area contributed by atoms with Gasteiger partial charge in [-0.1, -0.05) is 195 Å². The van der Waals surface area contributed by atoms with Gasteiger partial charge in [-0.15, -0.1) is 83.3 Å². The summed E-state index contributed by atoms with van der Waals surface area (Å²) in [6, 6.07) is 51.3. The van der Waals surface area contributed by atoms with Gasteiger partial charge in [0.15, 0.2) is 0 Å². The molecular weight excluding hydrogens is 2120 g/mol. The van der Waals surface area contributed by atoms with Crippen molar-refractivity contribution in [2.45, 2.75) is 258 Å². The molecule has 12 aromatic rings. The second-order valence-electron chi connectivity index (χ2n) is 38.6. The Hall–Kier alpha value is -9.54. The number of ether oxygens (including phenoxy) is 4. The Morgan fingerprint density at radius 2 is 0.693 bits per heavy atom. The van der Waals surface area contributed by atoms with Gasteiger partial charge in [0.2, 0.25) is 5.88 Å². The zero-order valence-electron chi connectivity index (χ0n) is 80.1. The molecule has 0 aliphatic carbocycles. The van der Waals surface area contributed by atoms with Gasteiger partial charge in [0, 0.05) is 179 Å². The molecule has 0 spiro atoms. The molecule has 3 aliphatic rings. The standard InChI is InChI=1S/C37H46N5O.C34H40N5O2.C34H40N5O.3Pt/c1-23(2)33-34(24(3)4)41-21-30(43-29-15-13-14-28(19-29)42-22-40(12)25(5)26(42)6)20-31(35(41)39-33)37(10,11)32-18-27(16-17-38-32)36(7,8)9;1-21(2)31-32(22(3)4)38-19-28(40-27-13-11-12-26(17-27)39-20-37(10)23(5)24(39)6)18-29(33(38)36-31)41-30-16-25(14-15-35-30)34(7,8)9;1-21(2)31-32(22(3)4)38-19-28(18-29(33(38)36-31)30-16-25(14-15-35-30)34(7,8)9)40-27-13-11-12-26(17-27)39-20-37(10)23(5)24(39)6;;;/h13-18,21-24H,1-12H3;11-16,19-22H,1-10H3;11-16,19-22H,1-10H3;;;/q3*-3;;;. The molecule has 15 rings (SSSR count). The van der Waals surface area contributed by atoms with Crippen LogP contribution >= 0.6 is 0 Å². The number of benzene rings is 3. The molecule has 684 valence electrons. The number of hydrogen-bond donors (Lipinski definition) is 0. The van der Waals surface area contributed by atoms with Crippen molar-refractivity contribution in [3.63, 3.8) is 0 Å². The first-order valence-corrected chi connectivity index (χ1v) is 43.5. The smallest absolute Gasteiger partial charge is 0.216 e. The van der Waals surface area contributed by atoms with Gasteiger partial charge in [-0.05, 0) is 184 Å². The van der Waals surface area contributed by atoms with E-state index >= 15 is 0 Å². The summed E-state index contributed by atoms with van der Waals surface area (Å²) in [5.74, 6) is 6.12. The normalized spacial score (nSPS) is 14.1. The van der Waals surface area contributed by atoms with Crippen LogP contribution in [0, 0.1) is 56.4 Å². The van der Waals surface area contributed by atoms with E-state index in [-0.39, 0.29) is 115 Å². The number of aromatic nitrogens is 9. The van der Waals surface area contributed by atoms with E-state index in [1.54, 1.807) is 6.20 Å². The number of allylic oxidation sites excluding steroid dienone is 6. The Labute approximate surface area is 799 Å². The van der Waals surface area contributed by atoms with Crippen molar-refractivity contribution < 1.29 is 82.1 Å². The summed E-state index contributed by atoms with van der Waals surface area (Å²) in [6.07, 6.45) is 11.6. The number of pyridine rings is 6. The van der Waals surface area contributed by atoms with Gasteiger partial charge in [0.25, 0.3) is 0 Å². The molecule has 9 aromatic heterocycles. The summed E-state index contributed by atoms with van der Waals surface area (Å²) in [5.41, 5.74) is 25.7. The minimum absolute atomic E-state index is 0. The number of fused-ring (bicyclic) bond motifs is 3. The van der Waals surface area contributed by atoms with E-state index in [2.05, 4.69) is 349 Å². The average molecular weight is 2250 g/mol. The van der Waals surface area contributed by atoms with Gasteiger partial charge in [-0.25, -0.2) is 4.98 Å². The summed E-state index contributed by atoms with van der Waals surface area (Å²) in [7, 11) is 6.15. The van der Waals surface area contributed by atoms with Gasteiger partial charge in [0.1, 0.15) is 0 Å². The fourth-order valence-electron chi connectivity index (χ4n) is 15.9. The van der Waals surface area contributed by atoms with Crippen LogP contribution in [0.2, 0.25) is 0 Å². The van der Waals surface area contributed by atoms with Crippen LogP contribution in [0.3, 0.4) is 0 Å². The third-order valence-corrected chi connectivity index (χ3v) is 23.7. The van der Waals surface area contributed by atoms with Crippen molar-refractivity contribution in [2.24, 2.45) is 0 Å². The minimum Gasteiger partial charge on any atom is -0.508 e. The largest absolute Gasteiger partial charge is 0.508 e. The maximum Gasteiger partial charge on any atom is 0.216 e. The molecule has 22 heteroatoms. The van der Waals surface area contributed by atoms with Gasteiger partial charge in [-0.3, -0.25) is 19.9 Å². The topological polar surface area (TPSA) is 147 Å². The Morgan fingerprint density at radius 3 is 1.08 bits per heavy atom. The van der Waals surface area contributed by atoms with Crippen molar-refractivity contribution in [1.29, 1.82) is 0 Å². The Morgan fingerprint density at radius 1 is 0.346 bits per heavy atom. The van der Waals surface area contributed by atoms with E-state index in [0.717, 1.165) is 90.6 Å². The van der Waals surface area contributed by atoms with E-state index in [9.17, 15) is 0 Å². The second kappa shape index (κ2) is 39.4. The average Bonchev–Trinajstić information content (AvgIpc) is 1.63. The zero-order chi connectivity index (χ0) is 90.0. The molecule has 0 fully saturated rings. The van der Waals surface area contributed by atoms with Crippen molar-refractivity contribution in [1.82, 2.24) is 57.8 Å². The predicted molar refractivity (Wildman–Crippen MR) is 501 cm³/mol. The fourth-order valence-corrected chi connectivity index (χ4v) is 15.9. The van der Waals surface area contributed by atoms with Crippen molar-refractivity contribution in [3.05, 3.63) is 281 Å². The van der Waals surface area contributed by atoms with Crippen molar-refractivity contribution in [3.8, 4) is 57.4 Å². The van der Waals surface area contributed by atoms with Crippen molar-refractivity contribution >= 4 is 34.0 Å². The molecule has 0 unspecified atom stereocenters. The summed E-state index contributed by atoms with van der Waals surface area (Å²) >= 11 is 0. The number of anilines is 3. The molecule has 0 saturated carbocycles. The van der Waals surface area contributed by atoms with Gasteiger partial charge in [-0.2, -0.15) is 38.2 Å². The van der Waals surface area contributed by atoms with E-state index in [1.807, 2.05) is 98.7 Å². The summed E-state index contributed by atoms with van der Waals surface area (Å²) in [5, 5.41) is 0. The van der Waals surface area contributed by atoms with E-state index in [4.69, 9.17) is 43.9 Å². The molecule has 3 aromatic carbocycles. The zero-order valence-corrected chi connectivity index (χ0v) is 86.9. The van der Waals surface area contributed by atoms with Gasteiger partial charge >= 0.3 is 0 Å². The summed E-state index contributed by atoms with van der Waals surface area (Å²) in [6.45, 7) is 69.5. The second-order valence-corrected chi connectivity index (χ2v) is 38.6. The monoisotopic (exact) mass is 2250 g/mol. The molecule has 0 N–H and O–H groups in total. The first kappa shape index (κ1) is 99.6. The van der Waals surface area contributed by atoms with Crippen LogP contribution in [0.1, 0.15) is 298 Å². The molecular formula is C105H126N15O4Pt3-9. The van der Waals surface area contributed by atoms with Crippen LogP contribution in [0.15, 0.2) is 162 Å². The Balaban J connectivity index is 0.000000196. The van der Waals surface area contributed by atoms with Crippen LogP contribution in [0.25, 0.3) is 28.2 Å². The molecule has 3 aliphatic heterocycles. The van der Waals surface area contributed by atoms with Crippen LogP contribution < -0.4 is 33.6 Å². The van der Waals surface area contributed by atoms with Crippen LogP contribution in [-0.4, -0.2) is 78.9 Å². The number of rotatable bonds is 20. The number of imidazole rings is 3. The third-order valence-electron chi connectivity index (χ3n) is 23.7. The van der Waals surface area contributed by atoms with E-state index < -0.39 is 5.41 Å². The molecule has 0 atom stereocenters. The van der Waals surface area contributed by atoms with E-state index in [0.29, 0.717) is 51.8 Å². The first-order chi connectivity index (χ1) is 58.3. The van der Waals surface area contributed by atoms with Gasteiger partial charge in [0.05, 0.1) is 28.5 Å². The Bertz CT molecular complexity index is 6060. The number of nitrogens with zero attached hydrogens (tertiary/aromatic N) is 15. The fraction of sp³-hybridized carbons (Fsp3) is 0.400. The molecule has 0 bridgehead atoms. The third kappa shape index (κ3) is 21.2. The van der Waals surface area contributed by atoms with Gasteiger partial charge < -0.3 is 66.5 Å². The molecule has 19 nitrogen and oxygen atoms in total. The van der Waals surface area contributed by atoms with Crippen LogP contribution in [0.5, 0.6) is 46.1 Å².